The van der Waals surface area contributed by atoms with Crippen molar-refractivity contribution >= 4 is 29.0 Å². The van der Waals surface area contributed by atoms with Gasteiger partial charge in [0, 0.05) is 36.0 Å². The minimum absolute atomic E-state index is 0.0295. The molecular weight excluding hydrogens is 314 g/mol. The van der Waals surface area contributed by atoms with Gasteiger partial charge in [0.25, 0.3) is 11.4 Å². The molecule has 0 unspecified atom stereocenters. The van der Waals surface area contributed by atoms with Crippen LogP contribution in [0.15, 0.2) is 48.5 Å². The number of nitrogens with one attached hydrogen (secondary N) is 1. The third-order valence-electron chi connectivity index (χ3n) is 3.21. The van der Waals surface area contributed by atoms with Gasteiger partial charge >= 0.3 is 0 Å². The molecule has 0 aromatic heterocycles. The van der Waals surface area contributed by atoms with Crippen molar-refractivity contribution in [3.8, 4) is 0 Å². The molecule has 8 nitrogen and oxygen atoms in total. The fraction of sp³-hybridized carbons (Fsp3) is 0.0625. The van der Waals surface area contributed by atoms with Gasteiger partial charge in [0.15, 0.2) is 0 Å². The second-order valence-corrected chi connectivity index (χ2v) is 4.93. The van der Waals surface area contributed by atoms with Gasteiger partial charge in [0.1, 0.15) is 0 Å². The molecule has 122 valence electrons. The van der Waals surface area contributed by atoms with E-state index in [1.165, 1.54) is 54.6 Å². The summed E-state index contributed by atoms with van der Waals surface area (Å²) in [6, 6.07) is 9.89. The molecule has 2 rings (SSSR count). The first-order valence-corrected chi connectivity index (χ1v) is 6.85. The van der Waals surface area contributed by atoms with Crippen molar-refractivity contribution in [2.45, 2.75) is 6.92 Å². The first kappa shape index (κ1) is 16.8. The molecule has 24 heavy (non-hydrogen) atoms. The number of rotatable bonds is 5. The number of nitro groups is 2. The second-order valence-electron chi connectivity index (χ2n) is 4.93. The highest BCUT2D eigenvalue weighted by Gasteiger charge is 2.09. The SMILES string of the molecule is Cc1cc([N+](=O)[O-])ccc1NC(=O)C=Cc1ccc([N+](=O)[O-])cc1. The van der Waals surface area contributed by atoms with Crippen molar-refractivity contribution in [1.29, 1.82) is 0 Å². The minimum atomic E-state index is -0.507. The molecule has 0 heterocycles. The highest BCUT2D eigenvalue weighted by molar-refractivity contribution is 6.02. The maximum absolute atomic E-state index is 11.9. The summed E-state index contributed by atoms with van der Waals surface area (Å²) in [6.07, 6.45) is 2.79. The van der Waals surface area contributed by atoms with Crippen molar-refractivity contribution in [1.82, 2.24) is 0 Å². The van der Waals surface area contributed by atoms with Gasteiger partial charge in [-0.1, -0.05) is 0 Å². The molecule has 1 amide bonds. The maximum Gasteiger partial charge on any atom is 0.269 e. The Morgan fingerprint density at radius 3 is 2.12 bits per heavy atom. The van der Waals surface area contributed by atoms with Crippen molar-refractivity contribution < 1.29 is 14.6 Å². The van der Waals surface area contributed by atoms with Gasteiger partial charge in [-0.25, -0.2) is 0 Å². The van der Waals surface area contributed by atoms with Gasteiger partial charge in [-0.2, -0.15) is 0 Å². The molecule has 8 heteroatoms. The zero-order valence-electron chi connectivity index (χ0n) is 12.6. The normalized spacial score (nSPS) is 10.5. The third kappa shape index (κ3) is 4.23. The Labute approximate surface area is 136 Å². The van der Waals surface area contributed by atoms with Crippen LogP contribution in [-0.4, -0.2) is 15.8 Å². The lowest BCUT2D eigenvalue weighted by molar-refractivity contribution is -0.385. The van der Waals surface area contributed by atoms with E-state index in [1.54, 1.807) is 6.92 Å². The summed E-state index contributed by atoms with van der Waals surface area (Å²) in [6.45, 7) is 1.66. The number of hydrogen-bond acceptors (Lipinski definition) is 5. The molecule has 0 fully saturated rings. The van der Waals surface area contributed by atoms with Crippen LogP contribution in [0.1, 0.15) is 11.1 Å². The van der Waals surface area contributed by atoms with E-state index in [-0.39, 0.29) is 11.4 Å². The number of hydrogen-bond donors (Lipinski definition) is 1. The predicted molar refractivity (Wildman–Crippen MR) is 88.6 cm³/mol. The van der Waals surface area contributed by atoms with Gasteiger partial charge in [0.2, 0.25) is 5.91 Å². The monoisotopic (exact) mass is 327 g/mol. The second kappa shape index (κ2) is 7.14. The van der Waals surface area contributed by atoms with E-state index in [0.29, 0.717) is 16.8 Å². The first-order chi connectivity index (χ1) is 11.4. The molecule has 0 spiro atoms. The van der Waals surface area contributed by atoms with Crippen molar-refractivity contribution in [2.24, 2.45) is 0 Å². The van der Waals surface area contributed by atoms with E-state index in [9.17, 15) is 25.0 Å². The number of amides is 1. The van der Waals surface area contributed by atoms with Gasteiger partial charge < -0.3 is 5.32 Å². The molecule has 0 aliphatic heterocycles. The molecule has 0 bridgehead atoms. The lowest BCUT2D eigenvalue weighted by Crippen LogP contribution is -2.09. The number of anilines is 1. The fourth-order valence-electron chi connectivity index (χ4n) is 1.96. The van der Waals surface area contributed by atoms with Gasteiger partial charge in [-0.3, -0.25) is 25.0 Å². The summed E-state index contributed by atoms with van der Waals surface area (Å²) in [5.74, 6) is -0.412. The summed E-state index contributed by atoms with van der Waals surface area (Å²) in [4.78, 5) is 32.1. The van der Waals surface area contributed by atoms with Crippen LogP contribution >= 0.6 is 0 Å². The Hall–Kier alpha value is -3.55. The molecule has 2 aromatic carbocycles. The lowest BCUT2D eigenvalue weighted by atomic mass is 10.1. The van der Waals surface area contributed by atoms with Crippen molar-refractivity contribution in [2.75, 3.05) is 5.32 Å². The third-order valence-corrected chi connectivity index (χ3v) is 3.21. The summed E-state index contributed by atoms with van der Waals surface area (Å²) < 4.78 is 0. The molecule has 0 saturated heterocycles. The van der Waals surface area contributed by atoms with E-state index >= 15 is 0 Å². The Kier molecular flexibility index (Phi) is 5.00. The van der Waals surface area contributed by atoms with Crippen molar-refractivity contribution in [3.63, 3.8) is 0 Å². The number of carbonyl (C=O) groups is 1. The predicted octanol–water partition coefficient (Wildman–Crippen LogP) is 3.46. The molecular formula is C16H13N3O5. The number of nitrogens with zero attached hydrogens (tertiary/aromatic N) is 2. The highest BCUT2D eigenvalue weighted by Crippen LogP contribution is 2.21. The number of nitro benzene ring substituents is 2. The minimum Gasteiger partial charge on any atom is -0.322 e. The van der Waals surface area contributed by atoms with Crippen LogP contribution in [0.4, 0.5) is 17.1 Å². The largest absolute Gasteiger partial charge is 0.322 e. The van der Waals surface area contributed by atoms with Crippen LogP contribution in [0, 0.1) is 27.2 Å². The van der Waals surface area contributed by atoms with Crippen LogP contribution in [0.3, 0.4) is 0 Å². The maximum atomic E-state index is 11.9. The van der Waals surface area contributed by atoms with Crippen molar-refractivity contribution in [3.05, 3.63) is 79.9 Å². The van der Waals surface area contributed by atoms with E-state index in [0.717, 1.165) is 0 Å². The standard InChI is InChI=1S/C16H13N3O5/c1-11-10-14(19(23)24)7-8-15(11)17-16(20)9-4-12-2-5-13(6-3-12)18(21)22/h2-10H,1H3,(H,17,20). The molecule has 0 aliphatic carbocycles. The number of aryl methyl sites for hydroxylation is 1. The Morgan fingerprint density at radius 2 is 1.58 bits per heavy atom. The Balaban J connectivity index is 2.05. The topological polar surface area (TPSA) is 115 Å². The van der Waals surface area contributed by atoms with E-state index in [2.05, 4.69) is 5.32 Å². The first-order valence-electron chi connectivity index (χ1n) is 6.85. The van der Waals surface area contributed by atoms with E-state index < -0.39 is 15.8 Å². The van der Waals surface area contributed by atoms with Crippen LogP contribution in [-0.2, 0) is 4.79 Å². The fourth-order valence-corrected chi connectivity index (χ4v) is 1.96. The quantitative estimate of drug-likeness (QED) is 0.513. The smallest absolute Gasteiger partial charge is 0.269 e. The van der Waals surface area contributed by atoms with Crippen LogP contribution < -0.4 is 5.32 Å². The number of carbonyl (C=O) groups excluding carboxylic acids is 1. The Morgan fingerprint density at radius 1 is 1.00 bits per heavy atom. The zero-order chi connectivity index (χ0) is 17.7. The summed E-state index contributed by atoms with van der Waals surface area (Å²) in [5.41, 5.74) is 1.60. The lowest BCUT2D eigenvalue weighted by Gasteiger charge is -2.05. The average molecular weight is 327 g/mol. The molecule has 0 aliphatic rings. The Bertz CT molecular complexity index is 828. The highest BCUT2D eigenvalue weighted by atomic mass is 16.6. The zero-order valence-corrected chi connectivity index (χ0v) is 12.6. The summed E-state index contributed by atoms with van der Waals surface area (Å²) >= 11 is 0. The summed E-state index contributed by atoms with van der Waals surface area (Å²) in [7, 11) is 0. The molecule has 0 atom stereocenters. The van der Waals surface area contributed by atoms with E-state index in [4.69, 9.17) is 0 Å². The van der Waals surface area contributed by atoms with Crippen LogP contribution in [0.5, 0.6) is 0 Å². The van der Waals surface area contributed by atoms with Gasteiger partial charge in [-0.05, 0) is 42.3 Å². The van der Waals surface area contributed by atoms with Crippen LogP contribution in [0.2, 0.25) is 0 Å². The molecule has 0 saturated carbocycles. The van der Waals surface area contributed by atoms with Crippen LogP contribution in [0.25, 0.3) is 6.08 Å². The average Bonchev–Trinajstić information content (AvgIpc) is 2.55. The number of benzene rings is 2. The molecule has 2 aromatic rings. The molecule has 0 radical (unpaired) electrons. The van der Waals surface area contributed by atoms with Gasteiger partial charge in [0.05, 0.1) is 9.85 Å². The van der Waals surface area contributed by atoms with Gasteiger partial charge in [-0.15, -0.1) is 0 Å². The summed E-state index contributed by atoms with van der Waals surface area (Å²) in [5, 5.41) is 23.9. The number of non-ortho nitro benzene ring substituents is 2. The van der Waals surface area contributed by atoms with E-state index in [1.807, 2.05) is 0 Å². The molecule has 1 N–H and O–H groups in total.